The van der Waals surface area contributed by atoms with Crippen LogP contribution >= 0.6 is 0 Å². The van der Waals surface area contributed by atoms with Crippen molar-refractivity contribution in [1.29, 1.82) is 5.41 Å². The van der Waals surface area contributed by atoms with Gasteiger partial charge in [-0.2, -0.15) is 0 Å². The predicted octanol–water partition coefficient (Wildman–Crippen LogP) is 4.62. The summed E-state index contributed by atoms with van der Waals surface area (Å²) in [6, 6.07) is 17.1. The number of allylic oxidation sites excluding steroid dienone is 1. The van der Waals surface area contributed by atoms with Crippen LogP contribution in [0.5, 0.6) is 5.75 Å². The van der Waals surface area contributed by atoms with Gasteiger partial charge < -0.3 is 10.4 Å². The third-order valence-corrected chi connectivity index (χ3v) is 4.76. The zero-order valence-electron chi connectivity index (χ0n) is 14.8. The third kappa shape index (κ3) is 4.37. The Bertz CT molecular complexity index is 743. The Kier molecular flexibility index (Phi) is 5.34. The van der Waals surface area contributed by atoms with E-state index in [0.717, 1.165) is 36.2 Å². The lowest BCUT2D eigenvalue weighted by Gasteiger charge is -2.16. The van der Waals surface area contributed by atoms with Gasteiger partial charge in [0.05, 0.1) is 5.71 Å². The predicted molar refractivity (Wildman–Crippen MR) is 104 cm³/mol. The van der Waals surface area contributed by atoms with Crippen molar-refractivity contribution in [3.8, 4) is 5.75 Å². The van der Waals surface area contributed by atoms with Crippen LogP contribution in [0.4, 0.5) is 0 Å². The summed E-state index contributed by atoms with van der Waals surface area (Å²) in [5.74, 6) is 0.226. The highest BCUT2D eigenvalue weighted by atomic mass is 16.3. The van der Waals surface area contributed by atoms with E-state index >= 15 is 0 Å². The average molecular weight is 334 g/mol. The maximum atomic E-state index is 9.52. The number of hydrogen-bond donors (Lipinski definition) is 3. The van der Waals surface area contributed by atoms with Crippen LogP contribution in [0.15, 0.2) is 60.7 Å². The maximum Gasteiger partial charge on any atom is 0.115 e. The summed E-state index contributed by atoms with van der Waals surface area (Å²) < 4.78 is 0. The standard InChI is InChI=1S/C22H26N2O/c1-2-14-24-16-22(12-13-22)15-20(17-6-4-3-5-7-17)21(23)18-8-10-19(25)11-9-18/h3-11,15,23-25H,2,12-14,16H2,1H3/b20-15+,23-21?. The second-order valence-corrected chi connectivity index (χ2v) is 6.89. The zero-order valence-corrected chi connectivity index (χ0v) is 14.8. The van der Waals surface area contributed by atoms with Gasteiger partial charge in [-0.1, -0.05) is 43.3 Å². The molecular weight excluding hydrogens is 308 g/mol. The summed E-state index contributed by atoms with van der Waals surface area (Å²) in [5.41, 5.74) is 3.55. The normalized spacial score (nSPS) is 15.8. The van der Waals surface area contributed by atoms with E-state index in [2.05, 4.69) is 30.4 Å². The Labute approximate surface area is 149 Å². The van der Waals surface area contributed by atoms with E-state index in [9.17, 15) is 5.11 Å². The molecule has 0 atom stereocenters. The lowest BCUT2D eigenvalue weighted by molar-refractivity contribution is 0.475. The van der Waals surface area contributed by atoms with Gasteiger partial charge in [-0.15, -0.1) is 0 Å². The first kappa shape index (κ1) is 17.4. The van der Waals surface area contributed by atoms with Gasteiger partial charge in [0, 0.05) is 23.1 Å². The highest BCUT2D eigenvalue weighted by molar-refractivity contribution is 6.30. The fourth-order valence-electron chi connectivity index (χ4n) is 3.05. The van der Waals surface area contributed by atoms with Gasteiger partial charge in [-0.25, -0.2) is 0 Å². The van der Waals surface area contributed by atoms with Crippen LogP contribution in [0, 0.1) is 10.8 Å². The molecule has 3 heteroatoms. The molecule has 0 bridgehead atoms. The molecule has 130 valence electrons. The summed E-state index contributed by atoms with van der Waals surface area (Å²) in [6.45, 7) is 4.18. The number of rotatable bonds is 8. The number of aromatic hydroxyl groups is 1. The van der Waals surface area contributed by atoms with Gasteiger partial charge in [-0.05, 0) is 55.6 Å². The van der Waals surface area contributed by atoms with Crippen LogP contribution in [0.2, 0.25) is 0 Å². The van der Waals surface area contributed by atoms with Crippen molar-refractivity contribution in [3.05, 3.63) is 71.8 Å². The Morgan fingerprint density at radius 3 is 2.36 bits per heavy atom. The molecule has 0 unspecified atom stereocenters. The highest BCUT2D eigenvalue weighted by Crippen LogP contribution is 2.48. The van der Waals surface area contributed by atoms with Gasteiger partial charge in [0.1, 0.15) is 5.75 Å². The number of nitrogens with one attached hydrogen (secondary N) is 2. The van der Waals surface area contributed by atoms with Crippen molar-refractivity contribution in [2.75, 3.05) is 13.1 Å². The van der Waals surface area contributed by atoms with E-state index in [1.165, 1.54) is 12.8 Å². The molecule has 1 fully saturated rings. The van der Waals surface area contributed by atoms with Crippen molar-refractivity contribution in [3.63, 3.8) is 0 Å². The molecule has 0 aromatic heterocycles. The summed E-state index contributed by atoms with van der Waals surface area (Å²) in [7, 11) is 0. The Balaban J connectivity index is 1.92. The molecular formula is C22H26N2O. The summed E-state index contributed by atoms with van der Waals surface area (Å²) >= 11 is 0. The van der Waals surface area contributed by atoms with Crippen molar-refractivity contribution in [1.82, 2.24) is 5.32 Å². The largest absolute Gasteiger partial charge is 0.508 e. The van der Waals surface area contributed by atoms with Crippen molar-refractivity contribution >= 4 is 11.3 Å². The monoisotopic (exact) mass is 334 g/mol. The van der Waals surface area contributed by atoms with E-state index in [-0.39, 0.29) is 11.2 Å². The second kappa shape index (κ2) is 7.66. The minimum atomic E-state index is 0.170. The lowest BCUT2D eigenvalue weighted by atomic mass is 9.91. The van der Waals surface area contributed by atoms with Crippen LogP contribution in [0.1, 0.15) is 37.3 Å². The topological polar surface area (TPSA) is 56.1 Å². The fourth-order valence-corrected chi connectivity index (χ4v) is 3.05. The van der Waals surface area contributed by atoms with Gasteiger partial charge in [0.25, 0.3) is 0 Å². The van der Waals surface area contributed by atoms with E-state index < -0.39 is 0 Å². The molecule has 2 aromatic rings. The highest BCUT2D eigenvalue weighted by Gasteiger charge is 2.40. The Morgan fingerprint density at radius 1 is 1.08 bits per heavy atom. The first-order valence-corrected chi connectivity index (χ1v) is 9.01. The molecule has 3 rings (SSSR count). The van der Waals surface area contributed by atoms with Crippen LogP contribution in [-0.2, 0) is 0 Å². The quantitative estimate of drug-likeness (QED) is 0.487. The summed E-state index contributed by atoms with van der Waals surface area (Å²) in [5, 5.41) is 21.8. The zero-order chi connectivity index (χ0) is 17.7. The van der Waals surface area contributed by atoms with Gasteiger partial charge in [-0.3, -0.25) is 5.41 Å². The maximum absolute atomic E-state index is 9.52. The number of phenols is 1. The number of benzene rings is 2. The number of hydrogen-bond acceptors (Lipinski definition) is 3. The molecule has 1 saturated carbocycles. The lowest BCUT2D eigenvalue weighted by Crippen LogP contribution is -2.24. The molecule has 25 heavy (non-hydrogen) atoms. The SMILES string of the molecule is CCCNCC1(/C=C(/C(=N)c2ccc(O)cc2)c2ccccc2)CC1. The number of phenolic OH excluding ortho intramolecular Hbond substituents is 1. The summed E-state index contributed by atoms with van der Waals surface area (Å²) in [6.07, 6.45) is 5.76. The van der Waals surface area contributed by atoms with Crippen molar-refractivity contribution in [2.24, 2.45) is 5.41 Å². The third-order valence-electron chi connectivity index (χ3n) is 4.76. The average Bonchev–Trinajstić information content (AvgIpc) is 3.41. The van der Waals surface area contributed by atoms with E-state index in [1.54, 1.807) is 12.1 Å². The smallest absolute Gasteiger partial charge is 0.115 e. The minimum absolute atomic E-state index is 0.170. The van der Waals surface area contributed by atoms with Crippen LogP contribution < -0.4 is 5.32 Å². The van der Waals surface area contributed by atoms with Gasteiger partial charge in [0.15, 0.2) is 0 Å². The van der Waals surface area contributed by atoms with Gasteiger partial charge in [0.2, 0.25) is 0 Å². The molecule has 0 radical (unpaired) electrons. The van der Waals surface area contributed by atoms with E-state index in [1.807, 2.05) is 30.3 Å². The van der Waals surface area contributed by atoms with Crippen LogP contribution in [-0.4, -0.2) is 23.9 Å². The Morgan fingerprint density at radius 2 is 1.76 bits per heavy atom. The van der Waals surface area contributed by atoms with Crippen LogP contribution in [0.3, 0.4) is 0 Å². The molecule has 2 aromatic carbocycles. The molecule has 0 aliphatic heterocycles. The molecule has 0 saturated heterocycles. The van der Waals surface area contributed by atoms with E-state index in [4.69, 9.17) is 5.41 Å². The van der Waals surface area contributed by atoms with Crippen molar-refractivity contribution < 1.29 is 5.11 Å². The molecule has 0 spiro atoms. The van der Waals surface area contributed by atoms with Crippen molar-refractivity contribution in [2.45, 2.75) is 26.2 Å². The molecule has 3 N–H and O–H groups in total. The van der Waals surface area contributed by atoms with Gasteiger partial charge >= 0.3 is 0 Å². The fraction of sp³-hybridized carbons (Fsp3) is 0.318. The molecule has 1 aliphatic carbocycles. The molecule has 0 heterocycles. The molecule has 0 amide bonds. The summed E-state index contributed by atoms with van der Waals surface area (Å²) in [4.78, 5) is 0. The Hall–Kier alpha value is -2.39. The first-order chi connectivity index (χ1) is 12.1. The molecule has 3 nitrogen and oxygen atoms in total. The minimum Gasteiger partial charge on any atom is -0.508 e. The second-order valence-electron chi connectivity index (χ2n) is 6.89. The molecule has 1 aliphatic rings. The first-order valence-electron chi connectivity index (χ1n) is 9.01. The van der Waals surface area contributed by atoms with E-state index in [0.29, 0.717) is 5.71 Å². The van der Waals surface area contributed by atoms with Crippen LogP contribution in [0.25, 0.3) is 5.57 Å².